The molecule has 0 aliphatic carbocycles. The van der Waals surface area contributed by atoms with Gasteiger partial charge in [0, 0.05) is 31.7 Å². The van der Waals surface area contributed by atoms with Gasteiger partial charge in [0.2, 0.25) is 15.9 Å². The highest BCUT2D eigenvalue weighted by Crippen LogP contribution is 2.21. The summed E-state index contributed by atoms with van der Waals surface area (Å²) in [6.45, 7) is 5.02. The van der Waals surface area contributed by atoms with Gasteiger partial charge in [0.15, 0.2) is 10.9 Å². The van der Waals surface area contributed by atoms with Crippen LogP contribution in [-0.2, 0) is 21.4 Å². The Morgan fingerprint density at radius 3 is 2.23 bits per heavy atom. The van der Waals surface area contributed by atoms with Crippen molar-refractivity contribution in [3.63, 3.8) is 0 Å². The second-order valence-corrected chi connectivity index (χ2v) is 11.1. The third kappa shape index (κ3) is 5.80. The lowest BCUT2D eigenvalue weighted by molar-refractivity contribution is -0.129. The number of sulfonamides is 1. The van der Waals surface area contributed by atoms with E-state index in [-0.39, 0.29) is 35.4 Å². The molecule has 0 saturated carbocycles. The second kappa shape index (κ2) is 10.7. The molecule has 184 valence electrons. The van der Waals surface area contributed by atoms with Gasteiger partial charge in [-0.15, -0.1) is 10.2 Å². The Bertz CT molecular complexity index is 1300. The number of carbonyl (C=O) groups excluding carboxylic acids is 2. The molecule has 0 N–H and O–H groups in total. The molecule has 1 aliphatic rings. The predicted octanol–water partition coefficient (Wildman–Crippen LogP) is 2.46. The van der Waals surface area contributed by atoms with Crippen LogP contribution < -0.4 is 0 Å². The fourth-order valence-electron chi connectivity index (χ4n) is 3.82. The smallest absolute Gasteiger partial charge is 0.243 e. The first-order valence-corrected chi connectivity index (χ1v) is 13.6. The zero-order valence-corrected chi connectivity index (χ0v) is 21.3. The summed E-state index contributed by atoms with van der Waals surface area (Å²) in [6.07, 6.45) is 0. The van der Waals surface area contributed by atoms with Crippen molar-refractivity contribution in [2.45, 2.75) is 30.4 Å². The van der Waals surface area contributed by atoms with Crippen molar-refractivity contribution in [1.82, 2.24) is 24.0 Å². The Balaban J connectivity index is 1.32. The van der Waals surface area contributed by atoms with Gasteiger partial charge in [-0.1, -0.05) is 54.2 Å². The van der Waals surface area contributed by atoms with Crippen molar-refractivity contribution in [3.8, 4) is 0 Å². The van der Waals surface area contributed by atoms with Crippen LogP contribution in [0.4, 0.5) is 0 Å². The van der Waals surface area contributed by atoms with E-state index in [0.717, 1.165) is 11.4 Å². The third-order valence-corrected chi connectivity index (χ3v) is 8.76. The van der Waals surface area contributed by atoms with Gasteiger partial charge >= 0.3 is 0 Å². The lowest BCUT2D eigenvalue weighted by atomic mass is 10.2. The van der Waals surface area contributed by atoms with E-state index in [2.05, 4.69) is 10.2 Å². The predicted molar refractivity (Wildman–Crippen MR) is 133 cm³/mol. The maximum absolute atomic E-state index is 13.0. The minimum absolute atomic E-state index is 0.0650. The molecule has 35 heavy (non-hydrogen) atoms. The van der Waals surface area contributed by atoms with Crippen LogP contribution in [0.3, 0.4) is 0 Å². The van der Waals surface area contributed by atoms with Gasteiger partial charge < -0.3 is 9.47 Å². The number of carbonyl (C=O) groups is 2. The van der Waals surface area contributed by atoms with Crippen molar-refractivity contribution in [3.05, 3.63) is 71.5 Å². The lowest BCUT2D eigenvalue weighted by Crippen LogP contribution is -2.51. The minimum Gasteiger partial charge on any atom is -0.339 e. The fourth-order valence-corrected chi connectivity index (χ4v) is 6.13. The normalized spacial score (nSPS) is 14.7. The molecule has 9 nitrogen and oxygen atoms in total. The highest BCUT2D eigenvalue weighted by Gasteiger charge is 2.30. The summed E-state index contributed by atoms with van der Waals surface area (Å²) < 4.78 is 29.3. The van der Waals surface area contributed by atoms with Crippen LogP contribution in [0.2, 0.25) is 0 Å². The molecule has 0 unspecified atom stereocenters. The van der Waals surface area contributed by atoms with Gasteiger partial charge in [0.05, 0.1) is 17.2 Å². The van der Waals surface area contributed by atoms with Crippen molar-refractivity contribution in [1.29, 1.82) is 0 Å². The zero-order valence-electron chi connectivity index (χ0n) is 19.6. The van der Waals surface area contributed by atoms with Gasteiger partial charge in [0.1, 0.15) is 5.82 Å². The fraction of sp³-hybridized carbons (Fsp3) is 0.333. The van der Waals surface area contributed by atoms with E-state index < -0.39 is 10.0 Å². The molecule has 2 aromatic carbocycles. The summed E-state index contributed by atoms with van der Waals surface area (Å²) in [5.74, 6) is 0.794. The van der Waals surface area contributed by atoms with Gasteiger partial charge in [-0.3, -0.25) is 9.59 Å². The molecule has 1 saturated heterocycles. The van der Waals surface area contributed by atoms with E-state index in [4.69, 9.17) is 0 Å². The Morgan fingerprint density at radius 2 is 1.60 bits per heavy atom. The first-order valence-electron chi connectivity index (χ1n) is 11.2. The van der Waals surface area contributed by atoms with Crippen LogP contribution >= 0.6 is 11.8 Å². The summed E-state index contributed by atoms with van der Waals surface area (Å²) in [7, 11) is -3.68. The van der Waals surface area contributed by atoms with Crippen molar-refractivity contribution >= 4 is 33.5 Å². The Morgan fingerprint density at radius 1 is 0.943 bits per heavy atom. The molecule has 1 amide bonds. The van der Waals surface area contributed by atoms with Crippen LogP contribution in [0.5, 0.6) is 0 Å². The number of amides is 1. The Hall–Kier alpha value is -3.02. The number of thioether (sulfide) groups is 1. The summed E-state index contributed by atoms with van der Waals surface area (Å²) in [6, 6.07) is 15.9. The lowest BCUT2D eigenvalue weighted by Gasteiger charge is -2.34. The average molecular weight is 514 g/mol. The number of hydrogen-bond donors (Lipinski definition) is 0. The molecule has 1 fully saturated rings. The molecule has 2 heterocycles. The first kappa shape index (κ1) is 25.1. The molecule has 3 aromatic rings. The molecular formula is C24H27N5O4S2. The highest BCUT2D eigenvalue weighted by molar-refractivity contribution is 7.99. The van der Waals surface area contributed by atoms with Crippen molar-refractivity contribution < 1.29 is 18.0 Å². The van der Waals surface area contributed by atoms with E-state index in [0.29, 0.717) is 30.4 Å². The molecule has 1 aromatic heterocycles. The maximum Gasteiger partial charge on any atom is 0.243 e. The van der Waals surface area contributed by atoms with E-state index in [1.54, 1.807) is 4.90 Å². The number of piperazine rings is 1. The summed E-state index contributed by atoms with van der Waals surface area (Å²) in [5, 5.41) is 9.06. The van der Waals surface area contributed by atoms with Gasteiger partial charge in [-0.25, -0.2) is 8.42 Å². The number of hydrogen-bond acceptors (Lipinski definition) is 7. The van der Waals surface area contributed by atoms with Crippen molar-refractivity contribution in [2.75, 3.05) is 31.9 Å². The standard InChI is InChI=1S/C24H27N5O4S2/c1-18(30)21-8-10-22(11-9-21)35(32,33)28-14-12-27(13-15-28)23(31)17-34-24-26-25-19(2)29(24)16-20-6-4-3-5-7-20/h3-11H,12-17H2,1-2H3. The second-order valence-electron chi connectivity index (χ2n) is 8.26. The third-order valence-electron chi connectivity index (χ3n) is 5.90. The molecule has 1 aliphatic heterocycles. The zero-order chi connectivity index (χ0) is 25.0. The SMILES string of the molecule is CC(=O)c1ccc(S(=O)(=O)N2CCN(C(=O)CSc3nnc(C)n3Cc3ccccc3)CC2)cc1. The van der Waals surface area contributed by atoms with Crippen LogP contribution in [0.25, 0.3) is 0 Å². The highest BCUT2D eigenvalue weighted by atomic mass is 32.2. The number of rotatable bonds is 8. The monoisotopic (exact) mass is 513 g/mol. The first-order chi connectivity index (χ1) is 16.8. The molecule has 11 heteroatoms. The molecule has 0 radical (unpaired) electrons. The maximum atomic E-state index is 13.0. The summed E-state index contributed by atoms with van der Waals surface area (Å²) >= 11 is 1.33. The van der Waals surface area contributed by atoms with E-state index in [9.17, 15) is 18.0 Å². The number of Topliss-reactive ketones (excluding diaryl/α,β-unsaturated/α-hetero) is 1. The number of aryl methyl sites for hydroxylation is 1. The van der Waals surface area contributed by atoms with Crippen LogP contribution in [0.15, 0.2) is 64.6 Å². The number of nitrogens with zero attached hydrogens (tertiary/aromatic N) is 5. The summed E-state index contributed by atoms with van der Waals surface area (Å²) in [5.41, 5.74) is 1.59. The summed E-state index contributed by atoms with van der Waals surface area (Å²) in [4.78, 5) is 26.1. The topological polar surface area (TPSA) is 105 Å². The Labute approximate surface area is 209 Å². The molecule has 4 rings (SSSR count). The van der Waals surface area contributed by atoms with Gasteiger partial charge in [-0.05, 0) is 31.5 Å². The van der Waals surface area contributed by atoms with Crippen LogP contribution in [-0.4, -0.2) is 76.0 Å². The molecule has 0 spiro atoms. The Kier molecular flexibility index (Phi) is 7.68. The van der Waals surface area contributed by atoms with Crippen molar-refractivity contribution in [2.24, 2.45) is 0 Å². The molecule has 0 atom stereocenters. The van der Waals surface area contributed by atoms with Gasteiger partial charge in [0.25, 0.3) is 0 Å². The quantitative estimate of drug-likeness (QED) is 0.337. The average Bonchev–Trinajstić information content (AvgIpc) is 3.22. The van der Waals surface area contributed by atoms with Gasteiger partial charge in [-0.2, -0.15) is 4.31 Å². The van der Waals surface area contributed by atoms with Crippen LogP contribution in [0, 0.1) is 6.92 Å². The van der Waals surface area contributed by atoms with E-state index in [1.807, 2.05) is 41.8 Å². The van der Waals surface area contributed by atoms with E-state index in [1.165, 1.54) is 47.3 Å². The molecule has 0 bridgehead atoms. The number of ketones is 1. The number of benzene rings is 2. The minimum atomic E-state index is -3.68. The largest absolute Gasteiger partial charge is 0.339 e. The molecular weight excluding hydrogens is 486 g/mol. The van der Waals surface area contributed by atoms with Crippen LogP contribution in [0.1, 0.15) is 28.7 Å². The number of aromatic nitrogens is 3. The van der Waals surface area contributed by atoms with E-state index >= 15 is 0 Å².